The van der Waals surface area contributed by atoms with Crippen LogP contribution in [-0.2, 0) is 6.54 Å². The van der Waals surface area contributed by atoms with E-state index < -0.39 is 11.6 Å². The number of nitrogens with zero attached hydrogens (tertiary/aromatic N) is 1. The van der Waals surface area contributed by atoms with Crippen molar-refractivity contribution in [1.29, 1.82) is 0 Å². The number of piperidine rings is 1. The number of hydrogen-bond acceptors (Lipinski definition) is 2. The molecule has 1 fully saturated rings. The van der Waals surface area contributed by atoms with Gasteiger partial charge in [-0.2, -0.15) is 0 Å². The Balaban J connectivity index is 1.86. The van der Waals surface area contributed by atoms with Gasteiger partial charge in [-0.15, -0.1) is 0 Å². The molecular formula is C15H21BrF2N2. The molecule has 0 aliphatic carbocycles. The molecule has 5 heteroatoms. The van der Waals surface area contributed by atoms with Gasteiger partial charge in [-0.25, -0.2) is 8.78 Å². The Morgan fingerprint density at radius 1 is 1.30 bits per heavy atom. The van der Waals surface area contributed by atoms with Crippen LogP contribution in [0.4, 0.5) is 8.78 Å². The van der Waals surface area contributed by atoms with Crippen molar-refractivity contribution in [3.63, 3.8) is 0 Å². The third-order valence-electron chi connectivity index (χ3n) is 3.83. The Labute approximate surface area is 127 Å². The Kier molecular flexibility index (Phi) is 5.93. The smallest absolute Gasteiger partial charge is 0.144 e. The number of benzene rings is 1. The molecular weight excluding hydrogens is 326 g/mol. The van der Waals surface area contributed by atoms with Crippen molar-refractivity contribution >= 4 is 15.9 Å². The molecule has 0 atom stereocenters. The molecule has 1 aliphatic heterocycles. The number of likely N-dealkylation sites (tertiary alicyclic amines) is 1. The van der Waals surface area contributed by atoms with Gasteiger partial charge in [-0.3, -0.25) is 0 Å². The summed E-state index contributed by atoms with van der Waals surface area (Å²) < 4.78 is 27.8. The predicted octanol–water partition coefficient (Wildman–Crippen LogP) is 3.69. The van der Waals surface area contributed by atoms with Crippen LogP contribution in [0.1, 0.15) is 31.7 Å². The monoisotopic (exact) mass is 346 g/mol. The van der Waals surface area contributed by atoms with Gasteiger partial charge in [0.15, 0.2) is 0 Å². The van der Waals surface area contributed by atoms with Crippen LogP contribution in [-0.4, -0.2) is 30.6 Å². The molecule has 1 aromatic rings. The van der Waals surface area contributed by atoms with E-state index in [0.29, 0.717) is 10.5 Å². The zero-order chi connectivity index (χ0) is 14.5. The van der Waals surface area contributed by atoms with Gasteiger partial charge in [0.05, 0.1) is 4.47 Å². The van der Waals surface area contributed by atoms with E-state index in [-0.39, 0.29) is 12.1 Å². The van der Waals surface area contributed by atoms with E-state index in [0.717, 1.165) is 32.5 Å². The van der Waals surface area contributed by atoms with Crippen LogP contribution in [0.3, 0.4) is 0 Å². The second-order valence-electron chi connectivity index (χ2n) is 5.32. The van der Waals surface area contributed by atoms with E-state index in [1.165, 1.54) is 18.6 Å². The van der Waals surface area contributed by atoms with Gasteiger partial charge in [-0.05, 0) is 67.0 Å². The van der Waals surface area contributed by atoms with Crippen LogP contribution < -0.4 is 5.32 Å². The Morgan fingerprint density at radius 3 is 2.65 bits per heavy atom. The highest BCUT2D eigenvalue weighted by Gasteiger charge is 2.19. The first kappa shape index (κ1) is 15.9. The van der Waals surface area contributed by atoms with Gasteiger partial charge in [-0.1, -0.05) is 6.92 Å². The van der Waals surface area contributed by atoms with Gasteiger partial charge in [0.25, 0.3) is 0 Å². The summed E-state index contributed by atoms with van der Waals surface area (Å²) in [7, 11) is 0. The van der Waals surface area contributed by atoms with Crippen molar-refractivity contribution in [2.24, 2.45) is 0 Å². The molecule has 0 aromatic heterocycles. The van der Waals surface area contributed by atoms with Crippen LogP contribution in [0, 0.1) is 11.6 Å². The summed E-state index contributed by atoms with van der Waals surface area (Å²) in [6, 6.07) is 3.05. The zero-order valence-corrected chi connectivity index (χ0v) is 13.3. The Hall–Kier alpha value is -0.520. The highest BCUT2D eigenvalue weighted by atomic mass is 79.9. The van der Waals surface area contributed by atoms with Gasteiger partial charge in [0, 0.05) is 18.2 Å². The normalized spacial score (nSPS) is 17.6. The molecule has 2 nitrogen and oxygen atoms in total. The topological polar surface area (TPSA) is 15.3 Å². The second kappa shape index (κ2) is 7.48. The molecule has 1 N–H and O–H groups in total. The summed E-state index contributed by atoms with van der Waals surface area (Å²) in [5.41, 5.74) is 0.121. The summed E-state index contributed by atoms with van der Waals surface area (Å²) >= 11 is 3.10. The summed E-state index contributed by atoms with van der Waals surface area (Å²) in [5, 5.41) is 3.28. The minimum Gasteiger partial charge on any atom is -0.310 e. The molecule has 0 saturated carbocycles. The third kappa shape index (κ3) is 3.99. The fraction of sp³-hybridized carbons (Fsp3) is 0.600. The van der Waals surface area contributed by atoms with Gasteiger partial charge in [0.1, 0.15) is 11.6 Å². The number of halogens is 3. The van der Waals surface area contributed by atoms with Gasteiger partial charge in [0.2, 0.25) is 0 Å². The van der Waals surface area contributed by atoms with Gasteiger partial charge >= 0.3 is 0 Å². The average Bonchev–Trinajstić information content (AvgIpc) is 2.45. The molecule has 2 rings (SSSR count). The van der Waals surface area contributed by atoms with Crippen LogP contribution >= 0.6 is 15.9 Å². The van der Waals surface area contributed by atoms with Gasteiger partial charge < -0.3 is 10.2 Å². The molecule has 1 saturated heterocycles. The Morgan fingerprint density at radius 2 is 2.00 bits per heavy atom. The Bertz CT molecular complexity index is 446. The van der Waals surface area contributed by atoms with E-state index in [1.807, 2.05) is 0 Å². The van der Waals surface area contributed by atoms with E-state index >= 15 is 0 Å². The molecule has 0 unspecified atom stereocenters. The van der Waals surface area contributed by atoms with Crippen molar-refractivity contribution < 1.29 is 8.78 Å². The molecule has 1 heterocycles. The van der Waals surface area contributed by atoms with Crippen molar-refractivity contribution in [3.05, 3.63) is 33.8 Å². The first-order chi connectivity index (χ1) is 9.61. The van der Waals surface area contributed by atoms with Crippen LogP contribution in [0.2, 0.25) is 0 Å². The molecule has 20 heavy (non-hydrogen) atoms. The average molecular weight is 347 g/mol. The fourth-order valence-electron chi connectivity index (χ4n) is 2.65. The molecule has 1 aromatic carbocycles. The maximum atomic E-state index is 13.8. The van der Waals surface area contributed by atoms with Crippen molar-refractivity contribution in [1.82, 2.24) is 10.2 Å². The molecule has 112 valence electrons. The van der Waals surface area contributed by atoms with E-state index in [2.05, 4.69) is 33.1 Å². The van der Waals surface area contributed by atoms with E-state index in [9.17, 15) is 8.78 Å². The quantitative estimate of drug-likeness (QED) is 0.818. The molecule has 0 amide bonds. The molecule has 1 aliphatic rings. The zero-order valence-electron chi connectivity index (χ0n) is 11.8. The van der Waals surface area contributed by atoms with Crippen LogP contribution in [0.5, 0.6) is 0 Å². The third-order valence-corrected chi connectivity index (χ3v) is 4.45. The van der Waals surface area contributed by atoms with Crippen molar-refractivity contribution in [2.45, 2.75) is 38.8 Å². The fourth-order valence-corrected chi connectivity index (χ4v) is 3.03. The van der Waals surface area contributed by atoms with Crippen LogP contribution in [0.15, 0.2) is 16.6 Å². The number of hydrogen-bond donors (Lipinski definition) is 1. The number of rotatable bonds is 5. The standard InChI is InChI=1S/C15H21BrF2N2/c1-2-7-20-8-5-11(6-9-20)19-10-12-14(17)4-3-13(16)15(12)18/h3-4,11,19H,2,5-10H2,1H3. The summed E-state index contributed by atoms with van der Waals surface area (Å²) in [4.78, 5) is 2.44. The minimum atomic E-state index is -0.499. The highest BCUT2D eigenvalue weighted by Crippen LogP contribution is 2.22. The second-order valence-corrected chi connectivity index (χ2v) is 6.17. The summed E-state index contributed by atoms with van der Waals surface area (Å²) in [6.45, 7) is 5.70. The number of nitrogens with one attached hydrogen (secondary N) is 1. The SMILES string of the molecule is CCCN1CCC(NCc2c(F)ccc(Br)c2F)CC1. The lowest BCUT2D eigenvalue weighted by atomic mass is 10.0. The molecule has 0 radical (unpaired) electrons. The maximum Gasteiger partial charge on any atom is 0.144 e. The first-order valence-electron chi connectivity index (χ1n) is 7.20. The van der Waals surface area contributed by atoms with E-state index in [4.69, 9.17) is 0 Å². The summed E-state index contributed by atoms with van der Waals surface area (Å²) in [6.07, 6.45) is 3.25. The molecule has 0 spiro atoms. The lowest BCUT2D eigenvalue weighted by Gasteiger charge is -2.32. The first-order valence-corrected chi connectivity index (χ1v) is 7.99. The van der Waals surface area contributed by atoms with Crippen molar-refractivity contribution in [2.75, 3.05) is 19.6 Å². The largest absolute Gasteiger partial charge is 0.310 e. The maximum absolute atomic E-state index is 13.8. The molecule has 0 bridgehead atoms. The van der Waals surface area contributed by atoms with Crippen molar-refractivity contribution in [3.8, 4) is 0 Å². The summed E-state index contributed by atoms with van der Waals surface area (Å²) in [5.74, 6) is -0.984. The van der Waals surface area contributed by atoms with E-state index in [1.54, 1.807) is 0 Å². The minimum absolute atomic E-state index is 0.121. The lowest BCUT2D eigenvalue weighted by molar-refractivity contribution is 0.197. The van der Waals surface area contributed by atoms with Crippen LogP contribution in [0.25, 0.3) is 0 Å². The lowest BCUT2D eigenvalue weighted by Crippen LogP contribution is -2.42. The predicted molar refractivity (Wildman–Crippen MR) is 80.7 cm³/mol. The highest BCUT2D eigenvalue weighted by molar-refractivity contribution is 9.10.